The number of carboxylic acids is 1. The standard InChI is InChI=1S/C16H23N5O13P2.4Na/c1-16(4-3-8(22)23)32-10-7(5-30-36(28,29)34-35(25,26)27)31-14(11(10)33-16)21-6-20(2)9-12(21)18-15(17)19-13(9)24;;;;/h6-7,10-11,14H,3-5H2,1-2H3,(H6-,17,18,19,22,23,24,25,26,27,28,29);;;;/q;4*+1/p-4/t7-,10?,11?,14-,16?;;;;/m1..../s1. The summed E-state index contributed by atoms with van der Waals surface area (Å²) in [5.41, 5.74) is 5.72. The average molecular weight is 643 g/mol. The molecule has 2 aliphatic rings. The summed E-state index contributed by atoms with van der Waals surface area (Å²) in [6, 6.07) is 0. The van der Waals surface area contributed by atoms with Gasteiger partial charge in [0.15, 0.2) is 17.6 Å². The summed E-state index contributed by atoms with van der Waals surface area (Å²) in [4.78, 5) is 51.7. The number of rotatable bonds is 9. The monoisotopic (exact) mass is 643 g/mol. The van der Waals surface area contributed by atoms with Gasteiger partial charge >= 0.3 is 124 Å². The molecule has 0 spiro atoms. The molecule has 0 saturated carbocycles. The van der Waals surface area contributed by atoms with Gasteiger partial charge in [0.2, 0.25) is 6.23 Å². The second-order valence-corrected chi connectivity index (χ2v) is 10.9. The summed E-state index contributed by atoms with van der Waals surface area (Å²) in [5, 5.41) is 23.3. The molecule has 0 radical (unpaired) electrons. The van der Waals surface area contributed by atoms with Crippen molar-refractivity contribution in [2.24, 2.45) is 7.05 Å². The summed E-state index contributed by atoms with van der Waals surface area (Å²) in [5.74, 6) is -3.85. The van der Waals surface area contributed by atoms with Crippen LogP contribution in [0.3, 0.4) is 0 Å². The number of carboxylic acid groups (broad SMARTS) is 1. The van der Waals surface area contributed by atoms with Crippen molar-refractivity contribution in [1.29, 1.82) is 0 Å². The Hall–Kier alpha value is 1.76. The summed E-state index contributed by atoms with van der Waals surface area (Å²) in [6.45, 7) is 0.577. The Bertz CT molecular complexity index is 1300. The van der Waals surface area contributed by atoms with Crippen molar-refractivity contribution in [1.82, 2.24) is 14.5 Å². The molecular formula is C16H19N5Na4O13P2. The minimum Gasteiger partial charge on any atom is -0.856 e. The van der Waals surface area contributed by atoms with E-state index in [1.165, 1.54) is 29.4 Å². The number of ether oxygens (including phenoxy) is 3. The molecule has 2 aromatic heterocycles. The van der Waals surface area contributed by atoms with Gasteiger partial charge in [-0.25, -0.2) is 9.55 Å². The molecule has 0 bridgehead atoms. The van der Waals surface area contributed by atoms with Gasteiger partial charge in [-0.05, 0) is 13.3 Å². The van der Waals surface area contributed by atoms with Crippen molar-refractivity contribution >= 4 is 38.7 Å². The molecule has 200 valence electrons. The molecule has 4 unspecified atom stereocenters. The third-order valence-electron chi connectivity index (χ3n) is 5.46. The number of nitrogens with zero attached hydrogens (tertiary/aromatic N) is 4. The molecule has 0 aromatic carbocycles. The molecule has 2 aromatic rings. The third kappa shape index (κ3) is 9.88. The number of imidazole rings is 1. The average Bonchev–Trinajstić information content (AvgIpc) is 3.33. The number of hydrogen-bond donors (Lipinski definition) is 1. The number of aliphatic carboxylic acids is 1. The van der Waals surface area contributed by atoms with Gasteiger partial charge in [-0.1, -0.05) is 4.98 Å². The van der Waals surface area contributed by atoms with Crippen LogP contribution in [0.4, 0.5) is 5.95 Å². The SMILES string of the molecule is Cn1c[n+]([C@@H]2O[C@H](COP(=O)([O-])OP(=O)([O-])[O-])C3OC(C)(CCC(=O)[O-])OC32)c2nc(N)nc([O-])c21.[Na+].[Na+].[Na+].[Na+]. The van der Waals surface area contributed by atoms with E-state index in [1.807, 2.05) is 0 Å². The Morgan fingerprint density at radius 3 is 2.35 bits per heavy atom. The maximum absolute atomic E-state index is 12.3. The van der Waals surface area contributed by atoms with Crippen molar-refractivity contribution in [2.45, 2.75) is 50.1 Å². The maximum Gasteiger partial charge on any atom is 1.00 e. The number of aromatic nitrogens is 4. The van der Waals surface area contributed by atoms with Crippen LogP contribution in [-0.2, 0) is 44.0 Å². The second-order valence-electron chi connectivity index (χ2n) is 8.20. The molecule has 2 saturated heterocycles. The van der Waals surface area contributed by atoms with E-state index in [9.17, 15) is 38.8 Å². The van der Waals surface area contributed by atoms with Gasteiger partial charge in [0.05, 0.1) is 21.5 Å². The van der Waals surface area contributed by atoms with E-state index in [-0.39, 0.29) is 142 Å². The molecule has 0 aliphatic carbocycles. The number of hydrogen-bond acceptors (Lipinski definition) is 16. The summed E-state index contributed by atoms with van der Waals surface area (Å²) in [6.07, 6.45) is -3.67. The summed E-state index contributed by atoms with van der Waals surface area (Å²) in [7, 11) is -9.99. The van der Waals surface area contributed by atoms with E-state index in [1.54, 1.807) is 0 Å². The number of fused-ring (bicyclic) bond motifs is 2. The van der Waals surface area contributed by atoms with Crippen molar-refractivity contribution in [3.05, 3.63) is 6.33 Å². The number of aryl methyl sites for hydroxylation is 1. The first-order valence-corrected chi connectivity index (χ1v) is 13.1. The smallest absolute Gasteiger partial charge is 0.856 e. The van der Waals surface area contributed by atoms with Crippen LogP contribution in [0.15, 0.2) is 6.33 Å². The number of carbonyl (C=O) groups is 1. The zero-order chi connectivity index (χ0) is 26.6. The predicted octanol–water partition coefficient (Wildman–Crippen LogP) is -16.8. The molecular weight excluding hydrogens is 624 g/mol. The molecule has 24 heteroatoms. The molecule has 4 heterocycles. The zero-order valence-corrected chi connectivity index (χ0v) is 32.4. The number of anilines is 1. The van der Waals surface area contributed by atoms with Crippen LogP contribution in [-0.4, -0.2) is 51.2 Å². The fraction of sp³-hybridized carbons (Fsp3) is 0.625. The van der Waals surface area contributed by atoms with Gasteiger partial charge in [0.25, 0.3) is 13.8 Å². The van der Waals surface area contributed by atoms with Gasteiger partial charge in [-0.2, -0.15) is 0 Å². The topological polar surface area (TPSA) is 273 Å². The van der Waals surface area contributed by atoms with E-state index in [0.29, 0.717) is 0 Å². The zero-order valence-electron chi connectivity index (χ0n) is 22.6. The van der Waals surface area contributed by atoms with Crippen LogP contribution in [0.5, 0.6) is 5.88 Å². The molecule has 0 amide bonds. The fourth-order valence-corrected chi connectivity index (χ4v) is 5.61. The molecule has 40 heavy (non-hydrogen) atoms. The number of phosphoric ester groups is 1. The molecule has 2 N–H and O–H groups in total. The molecule has 6 atom stereocenters. The molecule has 18 nitrogen and oxygen atoms in total. The first-order valence-electron chi connectivity index (χ1n) is 10.2. The Kier molecular flexibility index (Phi) is 16.5. The number of phosphoric acid groups is 2. The van der Waals surface area contributed by atoms with Crippen molar-refractivity contribution in [3.63, 3.8) is 0 Å². The van der Waals surface area contributed by atoms with Crippen LogP contribution < -0.4 is 153 Å². The first-order chi connectivity index (χ1) is 16.6. The normalized spacial score (nSPS) is 26.9. The Labute approximate surface area is 315 Å². The van der Waals surface area contributed by atoms with Crippen LogP contribution in [0, 0.1) is 0 Å². The van der Waals surface area contributed by atoms with Gasteiger partial charge in [0.1, 0.15) is 18.3 Å². The van der Waals surface area contributed by atoms with Crippen molar-refractivity contribution < 1.29 is 185 Å². The number of carbonyl (C=O) groups excluding carboxylic acids is 1. The van der Waals surface area contributed by atoms with E-state index < -0.39 is 70.8 Å². The Morgan fingerprint density at radius 1 is 1.18 bits per heavy atom. The van der Waals surface area contributed by atoms with E-state index in [4.69, 9.17) is 19.9 Å². The van der Waals surface area contributed by atoms with E-state index in [0.717, 1.165) is 0 Å². The molecule has 2 fully saturated rings. The third-order valence-corrected chi connectivity index (χ3v) is 7.52. The molecule has 4 rings (SSSR count). The van der Waals surface area contributed by atoms with Gasteiger partial charge in [0, 0.05) is 18.3 Å². The largest absolute Gasteiger partial charge is 1.00 e. The van der Waals surface area contributed by atoms with Crippen molar-refractivity contribution in [2.75, 3.05) is 12.3 Å². The summed E-state index contributed by atoms with van der Waals surface area (Å²) >= 11 is 0. The fourth-order valence-electron chi connectivity index (χ4n) is 4.11. The van der Waals surface area contributed by atoms with Crippen LogP contribution >= 0.6 is 15.6 Å². The van der Waals surface area contributed by atoms with Crippen molar-refractivity contribution in [3.8, 4) is 5.88 Å². The minimum absolute atomic E-state index is 0. The van der Waals surface area contributed by atoms with Gasteiger partial charge in [-0.3, -0.25) is 13.4 Å². The second kappa shape index (κ2) is 15.9. The quantitative estimate of drug-likeness (QED) is 0.151. The minimum atomic E-state index is -5.93. The van der Waals surface area contributed by atoms with Crippen LogP contribution in [0.1, 0.15) is 26.0 Å². The maximum atomic E-state index is 12.3. The van der Waals surface area contributed by atoms with Gasteiger partial charge in [-0.15, -0.1) is 0 Å². The van der Waals surface area contributed by atoms with E-state index in [2.05, 4.69) is 18.8 Å². The van der Waals surface area contributed by atoms with Gasteiger partial charge < -0.3 is 58.7 Å². The number of nitrogens with two attached hydrogens (primary N) is 1. The van der Waals surface area contributed by atoms with Crippen LogP contribution in [0.25, 0.3) is 11.2 Å². The Balaban J connectivity index is 0.00000380. The predicted molar refractivity (Wildman–Crippen MR) is 101 cm³/mol. The number of nitrogen functional groups attached to an aromatic ring is 1. The first kappa shape index (κ1) is 41.8. The summed E-state index contributed by atoms with van der Waals surface area (Å²) < 4.78 is 50.8. The van der Waals surface area contributed by atoms with E-state index >= 15 is 0 Å². The molecule has 2 aliphatic heterocycles. The van der Waals surface area contributed by atoms with Crippen LogP contribution in [0.2, 0.25) is 0 Å². The Morgan fingerprint density at radius 2 is 1.77 bits per heavy atom.